The fourth-order valence-corrected chi connectivity index (χ4v) is 5.34. The van der Waals surface area contributed by atoms with Crippen molar-refractivity contribution in [1.29, 1.82) is 0 Å². The summed E-state index contributed by atoms with van der Waals surface area (Å²) in [5, 5.41) is 3.35. The maximum atomic E-state index is 12.4. The molecule has 1 N–H and O–H groups in total. The summed E-state index contributed by atoms with van der Waals surface area (Å²) in [4.78, 5) is 17.0. The van der Waals surface area contributed by atoms with E-state index >= 15 is 0 Å². The van der Waals surface area contributed by atoms with Gasteiger partial charge < -0.3 is 19.5 Å². The normalized spacial score (nSPS) is 36.5. The molecule has 29 heavy (non-hydrogen) atoms. The van der Waals surface area contributed by atoms with Crippen LogP contribution in [0.15, 0.2) is 4.99 Å². The third-order valence-electron chi connectivity index (χ3n) is 6.82. The number of aliphatic imine (C=N–C) groups is 1. The molecule has 0 aromatic heterocycles. The highest BCUT2D eigenvalue weighted by molar-refractivity contribution is 6.20. The molecule has 3 aliphatic carbocycles. The standard InChI is InChI=1S/C22H35ClN2O4/c1-14(21(26)24-16-5-3-2-4-6-16)27-17-8-10-18(11-9-17)28-22-25-19-12-7-15(23)13-20(19)29-22/h14-20H,2-13H2,1H3,(H,24,26). The Bertz CT molecular complexity index is 587. The molecule has 0 radical (unpaired) electrons. The summed E-state index contributed by atoms with van der Waals surface area (Å²) < 4.78 is 18.0. The van der Waals surface area contributed by atoms with Crippen molar-refractivity contribution >= 4 is 23.6 Å². The highest BCUT2D eigenvalue weighted by Crippen LogP contribution is 2.33. The molecule has 3 saturated carbocycles. The van der Waals surface area contributed by atoms with E-state index in [4.69, 9.17) is 25.8 Å². The maximum Gasteiger partial charge on any atom is 0.384 e. The van der Waals surface area contributed by atoms with Gasteiger partial charge in [-0.15, -0.1) is 11.6 Å². The smallest absolute Gasteiger partial charge is 0.384 e. The largest absolute Gasteiger partial charge is 0.447 e. The maximum absolute atomic E-state index is 12.4. The number of hydrogen-bond acceptors (Lipinski definition) is 5. The first-order chi connectivity index (χ1) is 14.1. The Morgan fingerprint density at radius 3 is 2.55 bits per heavy atom. The highest BCUT2D eigenvalue weighted by atomic mass is 35.5. The topological polar surface area (TPSA) is 69.1 Å². The lowest BCUT2D eigenvalue weighted by Crippen LogP contribution is -2.43. The molecule has 0 bridgehead atoms. The summed E-state index contributed by atoms with van der Waals surface area (Å²) in [6, 6.07) is 0.541. The second-order valence-electron chi connectivity index (χ2n) is 9.17. The van der Waals surface area contributed by atoms with Crippen LogP contribution in [0.25, 0.3) is 0 Å². The Morgan fingerprint density at radius 1 is 1.07 bits per heavy atom. The number of carbonyl (C=O) groups is 1. The second kappa shape index (κ2) is 9.86. The molecule has 0 aromatic rings. The van der Waals surface area contributed by atoms with Crippen molar-refractivity contribution < 1.29 is 19.0 Å². The second-order valence-corrected chi connectivity index (χ2v) is 9.78. The van der Waals surface area contributed by atoms with E-state index in [0.29, 0.717) is 12.1 Å². The van der Waals surface area contributed by atoms with Gasteiger partial charge in [0.25, 0.3) is 0 Å². The number of alkyl halides is 1. The van der Waals surface area contributed by atoms with E-state index in [1.165, 1.54) is 19.3 Å². The predicted octanol–water partition coefficient (Wildman–Crippen LogP) is 4.08. The van der Waals surface area contributed by atoms with Crippen LogP contribution in [0, 0.1) is 0 Å². The van der Waals surface area contributed by atoms with Gasteiger partial charge in [-0.1, -0.05) is 19.3 Å². The fraction of sp³-hybridized carbons (Fsp3) is 0.909. The molecule has 1 amide bonds. The first kappa shape index (κ1) is 21.2. The number of fused-ring (bicyclic) bond motifs is 1. The minimum absolute atomic E-state index is 0.0317. The van der Waals surface area contributed by atoms with E-state index in [9.17, 15) is 4.79 Å². The summed E-state index contributed by atoms with van der Waals surface area (Å²) in [5.41, 5.74) is 0. The van der Waals surface area contributed by atoms with Crippen molar-refractivity contribution in [2.75, 3.05) is 0 Å². The monoisotopic (exact) mass is 426 g/mol. The summed E-state index contributed by atoms with van der Waals surface area (Å²) in [6.07, 6.45) is 12.7. The van der Waals surface area contributed by atoms with E-state index < -0.39 is 6.10 Å². The number of nitrogens with one attached hydrogen (secondary N) is 1. The Balaban J connectivity index is 1.15. The summed E-state index contributed by atoms with van der Waals surface area (Å²) in [7, 11) is 0. The Kier molecular flexibility index (Phi) is 7.22. The van der Waals surface area contributed by atoms with Crippen molar-refractivity contribution in [3.63, 3.8) is 0 Å². The van der Waals surface area contributed by atoms with Gasteiger partial charge in [0, 0.05) is 17.8 Å². The molecule has 7 heteroatoms. The minimum Gasteiger partial charge on any atom is -0.447 e. The molecular weight excluding hydrogens is 392 g/mol. The Labute approximate surface area is 179 Å². The van der Waals surface area contributed by atoms with Gasteiger partial charge >= 0.3 is 6.08 Å². The third-order valence-corrected chi connectivity index (χ3v) is 7.22. The molecule has 6 nitrogen and oxygen atoms in total. The summed E-state index contributed by atoms with van der Waals surface area (Å²) in [5.74, 6) is 0.0317. The highest BCUT2D eigenvalue weighted by Gasteiger charge is 2.38. The molecule has 1 heterocycles. The molecule has 0 aromatic carbocycles. The number of halogens is 1. The van der Waals surface area contributed by atoms with Crippen molar-refractivity contribution in [3.05, 3.63) is 0 Å². The van der Waals surface area contributed by atoms with E-state index in [2.05, 4.69) is 10.3 Å². The van der Waals surface area contributed by atoms with Gasteiger partial charge in [-0.2, -0.15) is 0 Å². The molecule has 4 rings (SSSR count). The van der Waals surface area contributed by atoms with Gasteiger partial charge in [-0.3, -0.25) is 4.79 Å². The van der Waals surface area contributed by atoms with Crippen LogP contribution in [0.2, 0.25) is 0 Å². The van der Waals surface area contributed by atoms with Gasteiger partial charge in [-0.25, -0.2) is 4.99 Å². The Hall–Kier alpha value is -1.01. The molecule has 4 aliphatic rings. The number of ether oxygens (including phenoxy) is 3. The summed E-state index contributed by atoms with van der Waals surface area (Å²) >= 11 is 6.24. The SMILES string of the molecule is CC(OC1CCC(OC2=NC3CCC(Cl)CC3O2)CC1)C(=O)NC1CCCCC1. The Morgan fingerprint density at radius 2 is 1.79 bits per heavy atom. The van der Waals surface area contributed by atoms with Gasteiger partial charge in [0.1, 0.15) is 18.3 Å². The molecule has 164 valence electrons. The summed E-state index contributed by atoms with van der Waals surface area (Å²) in [6.45, 7) is 1.87. The van der Waals surface area contributed by atoms with E-state index in [-0.39, 0.29) is 35.6 Å². The lowest BCUT2D eigenvalue weighted by molar-refractivity contribution is -0.138. The number of carbonyl (C=O) groups excluding carboxylic acids is 1. The van der Waals surface area contributed by atoms with E-state index in [1.807, 2.05) is 6.92 Å². The molecule has 0 saturated heterocycles. The first-order valence-electron chi connectivity index (χ1n) is 11.6. The number of rotatable bonds is 5. The van der Waals surface area contributed by atoms with Gasteiger partial charge in [0.05, 0.1) is 12.1 Å². The molecular formula is C22H35ClN2O4. The number of hydrogen-bond donors (Lipinski definition) is 1. The first-order valence-corrected chi connectivity index (χ1v) is 12.0. The fourth-order valence-electron chi connectivity index (χ4n) is 5.04. The predicted molar refractivity (Wildman–Crippen MR) is 112 cm³/mol. The molecule has 4 atom stereocenters. The van der Waals surface area contributed by atoms with Crippen molar-refractivity contribution in [2.45, 2.75) is 126 Å². The van der Waals surface area contributed by atoms with Crippen LogP contribution in [0.4, 0.5) is 0 Å². The van der Waals surface area contributed by atoms with Crippen LogP contribution in [-0.2, 0) is 19.0 Å². The quantitative estimate of drug-likeness (QED) is 0.672. The molecule has 4 unspecified atom stereocenters. The van der Waals surface area contributed by atoms with E-state index in [0.717, 1.165) is 57.8 Å². The van der Waals surface area contributed by atoms with E-state index in [1.54, 1.807) is 0 Å². The zero-order valence-corrected chi connectivity index (χ0v) is 18.2. The van der Waals surface area contributed by atoms with Gasteiger partial charge in [0.15, 0.2) is 0 Å². The van der Waals surface area contributed by atoms with Crippen LogP contribution in [0.1, 0.15) is 84.0 Å². The molecule has 0 spiro atoms. The molecule has 1 aliphatic heterocycles. The number of amides is 1. The zero-order valence-electron chi connectivity index (χ0n) is 17.5. The van der Waals surface area contributed by atoms with Crippen molar-refractivity contribution in [2.24, 2.45) is 4.99 Å². The lowest BCUT2D eigenvalue weighted by Gasteiger charge is -2.31. The zero-order chi connectivity index (χ0) is 20.2. The van der Waals surface area contributed by atoms with Crippen LogP contribution in [0.3, 0.4) is 0 Å². The van der Waals surface area contributed by atoms with Crippen LogP contribution in [0.5, 0.6) is 0 Å². The van der Waals surface area contributed by atoms with Crippen molar-refractivity contribution in [1.82, 2.24) is 5.32 Å². The van der Waals surface area contributed by atoms with Crippen LogP contribution >= 0.6 is 11.6 Å². The number of nitrogens with zero attached hydrogens (tertiary/aromatic N) is 1. The lowest BCUT2D eigenvalue weighted by atomic mass is 9.93. The molecule has 3 fully saturated rings. The van der Waals surface area contributed by atoms with Crippen LogP contribution < -0.4 is 5.32 Å². The van der Waals surface area contributed by atoms with Gasteiger partial charge in [0.2, 0.25) is 5.91 Å². The average Bonchev–Trinajstić information content (AvgIpc) is 3.11. The third kappa shape index (κ3) is 5.78. The average molecular weight is 427 g/mol. The van der Waals surface area contributed by atoms with Crippen LogP contribution in [-0.4, -0.2) is 53.9 Å². The van der Waals surface area contributed by atoms with Crippen molar-refractivity contribution in [3.8, 4) is 0 Å². The minimum atomic E-state index is -0.395. The van der Waals surface area contributed by atoms with Gasteiger partial charge in [-0.05, 0) is 58.3 Å².